The predicted octanol–water partition coefficient (Wildman–Crippen LogP) is 1.81. The fourth-order valence-electron chi connectivity index (χ4n) is 6.10. The number of cyclic esters (lactones) is 1. The zero-order valence-corrected chi connectivity index (χ0v) is 28.2. The summed E-state index contributed by atoms with van der Waals surface area (Å²) in [4.78, 5) is 84.3. The molecule has 12 heteroatoms. The van der Waals surface area contributed by atoms with Crippen molar-refractivity contribution in [1.82, 2.24) is 25.8 Å². The van der Waals surface area contributed by atoms with Crippen LogP contribution in [0.3, 0.4) is 0 Å². The van der Waals surface area contributed by atoms with Gasteiger partial charge in [0.25, 0.3) is 5.91 Å². The largest absolute Gasteiger partial charge is 0.452 e. The topological polar surface area (TPSA) is 154 Å². The lowest BCUT2D eigenvalue weighted by molar-refractivity contribution is -0.162. The highest BCUT2D eigenvalue weighted by Gasteiger charge is 2.41. The number of likely N-dealkylation sites (N-methyl/N-ethyl adjacent to an activating group) is 1. The number of fused-ring (bicyclic) bond motifs is 1. The van der Waals surface area contributed by atoms with E-state index < -0.39 is 65.8 Å². The molecule has 5 atom stereocenters. The van der Waals surface area contributed by atoms with Gasteiger partial charge in [0.1, 0.15) is 24.2 Å². The molecule has 0 bridgehead atoms. The lowest BCUT2D eigenvalue weighted by atomic mass is 9.97. The molecule has 12 nitrogen and oxygen atoms in total. The van der Waals surface area contributed by atoms with Crippen LogP contribution < -0.4 is 16.0 Å². The van der Waals surface area contributed by atoms with E-state index in [0.717, 1.165) is 5.56 Å². The average molecular weight is 642 g/mol. The van der Waals surface area contributed by atoms with Crippen molar-refractivity contribution in [2.45, 2.75) is 104 Å². The smallest absolute Gasteiger partial charge is 0.308 e. The summed E-state index contributed by atoms with van der Waals surface area (Å²) >= 11 is 0. The molecule has 0 spiro atoms. The first kappa shape index (κ1) is 36.5. The first-order valence-corrected chi connectivity index (χ1v) is 16.4. The minimum atomic E-state index is -1.10. The molecule has 2 heterocycles. The van der Waals surface area contributed by atoms with Gasteiger partial charge in [-0.15, -0.1) is 0 Å². The lowest BCUT2D eigenvalue weighted by Gasteiger charge is -2.35. The second kappa shape index (κ2) is 16.6. The van der Waals surface area contributed by atoms with E-state index in [1.54, 1.807) is 27.7 Å². The molecule has 254 valence electrons. The Kier molecular flexibility index (Phi) is 13.1. The van der Waals surface area contributed by atoms with Gasteiger partial charge in [0.05, 0.1) is 6.42 Å². The summed E-state index contributed by atoms with van der Waals surface area (Å²) in [7, 11) is 1.52. The molecular formula is C34H51N5O7. The van der Waals surface area contributed by atoms with E-state index in [1.807, 2.05) is 44.2 Å². The van der Waals surface area contributed by atoms with E-state index in [9.17, 15) is 28.8 Å². The minimum absolute atomic E-state index is 0.0191. The molecule has 3 N–H and O–H groups in total. The first-order chi connectivity index (χ1) is 21.7. The standard InChI is InChI=1S/C34H51N5O7/c1-20(2)18-26-33(44)39-17-11-14-25(39)31(42)36-24(19-23-12-9-8-10-13-23)30(41)37-28(21(3)4)34(45)38(7)29(22(5)6)32(43)35-16-15-27(40)46-26/h8-10,12-13,20-22,24-26,28-29H,11,14-19H2,1-7H3,(H,35,43)(H,36,42)(H,37,41)/t24-,25-,26?,28-,29?/m0/s1. The Labute approximate surface area is 272 Å². The zero-order valence-electron chi connectivity index (χ0n) is 28.2. The van der Waals surface area contributed by atoms with E-state index in [4.69, 9.17) is 4.74 Å². The van der Waals surface area contributed by atoms with Crippen LogP contribution in [0.5, 0.6) is 0 Å². The molecule has 3 rings (SSSR count). The van der Waals surface area contributed by atoms with Gasteiger partial charge in [-0.3, -0.25) is 28.8 Å². The summed E-state index contributed by atoms with van der Waals surface area (Å²) < 4.78 is 5.65. The van der Waals surface area contributed by atoms with Crippen molar-refractivity contribution < 1.29 is 33.5 Å². The number of nitrogens with one attached hydrogen (secondary N) is 3. The summed E-state index contributed by atoms with van der Waals surface area (Å²) in [6.45, 7) is 11.3. The summed E-state index contributed by atoms with van der Waals surface area (Å²) in [5.74, 6) is -3.67. The summed E-state index contributed by atoms with van der Waals surface area (Å²) in [6, 6.07) is 5.42. The average Bonchev–Trinajstić information content (AvgIpc) is 3.48. The van der Waals surface area contributed by atoms with Crippen molar-refractivity contribution >= 4 is 35.5 Å². The van der Waals surface area contributed by atoms with Gasteiger partial charge in [-0.05, 0) is 42.6 Å². The van der Waals surface area contributed by atoms with Crippen LogP contribution in [-0.4, -0.2) is 95.7 Å². The van der Waals surface area contributed by atoms with E-state index >= 15 is 0 Å². The van der Waals surface area contributed by atoms with Crippen molar-refractivity contribution in [3.63, 3.8) is 0 Å². The number of carbonyl (C=O) groups excluding carboxylic acids is 6. The number of nitrogens with zero attached hydrogens (tertiary/aromatic N) is 2. The number of ether oxygens (including phenoxy) is 1. The minimum Gasteiger partial charge on any atom is -0.452 e. The molecule has 0 aliphatic carbocycles. The van der Waals surface area contributed by atoms with Crippen LogP contribution in [0, 0.1) is 17.8 Å². The normalized spacial score (nSPS) is 26.3. The Morgan fingerprint density at radius 2 is 1.52 bits per heavy atom. The monoisotopic (exact) mass is 641 g/mol. The van der Waals surface area contributed by atoms with Gasteiger partial charge in [-0.1, -0.05) is 71.9 Å². The molecule has 2 aliphatic heterocycles. The van der Waals surface area contributed by atoms with Gasteiger partial charge in [-0.25, -0.2) is 0 Å². The van der Waals surface area contributed by atoms with Crippen LogP contribution in [0.4, 0.5) is 0 Å². The van der Waals surface area contributed by atoms with Gasteiger partial charge in [-0.2, -0.15) is 0 Å². The molecule has 5 amide bonds. The Hall–Kier alpha value is -3.96. The number of carbonyl (C=O) groups is 6. The van der Waals surface area contributed by atoms with Gasteiger partial charge in [0.2, 0.25) is 23.6 Å². The van der Waals surface area contributed by atoms with Gasteiger partial charge in [0, 0.05) is 26.6 Å². The van der Waals surface area contributed by atoms with E-state index in [0.29, 0.717) is 19.4 Å². The van der Waals surface area contributed by atoms with E-state index in [1.165, 1.54) is 16.8 Å². The maximum Gasteiger partial charge on any atom is 0.308 e. The lowest BCUT2D eigenvalue weighted by Crippen LogP contribution is -2.60. The predicted molar refractivity (Wildman–Crippen MR) is 172 cm³/mol. The van der Waals surface area contributed by atoms with E-state index in [2.05, 4.69) is 16.0 Å². The maximum absolute atomic E-state index is 13.9. The third-order valence-corrected chi connectivity index (χ3v) is 8.51. The molecular weight excluding hydrogens is 590 g/mol. The molecule has 0 radical (unpaired) electrons. The maximum atomic E-state index is 13.9. The molecule has 46 heavy (non-hydrogen) atoms. The Morgan fingerprint density at radius 1 is 0.848 bits per heavy atom. The van der Waals surface area contributed by atoms with Crippen molar-refractivity contribution in [3.05, 3.63) is 35.9 Å². The number of benzene rings is 1. The zero-order chi connectivity index (χ0) is 34.1. The molecule has 0 saturated carbocycles. The van der Waals surface area contributed by atoms with Crippen LogP contribution in [0.1, 0.15) is 72.8 Å². The number of amides is 5. The van der Waals surface area contributed by atoms with Crippen LogP contribution in [0.25, 0.3) is 0 Å². The SMILES string of the molecule is CC(C)CC1OC(=O)CCNC(=O)C(C(C)C)N(C)C(=O)[C@H](C(C)C)NC(=O)[C@H](Cc2ccccc2)NC(=O)[C@@H]2CCCN2C1=O. The molecule has 2 aliphatic rings. The fraction of sp³-hybridized carbons (Fsp3) is 0.647. The number of hydrogen-bond acceptors (Lipinski definition) is 7. The summed E-state index contributed by atoms with van der Waals surface area (Å²) in [5.41, 5.74) is 0.797. The van der Waals surface area contributed by atoms with Crippen LogP contribution >= 0.6 is 0 Å². The molecule has 1 aromatic rings. The quantitative estimate of drug-likeness (QED) is 0.401. The van der Waals surface area contributed by atoms with E-state index in [-0.39, 0.29) is 43.6 Å². The second-order valence-corrected chi connectivity index (χ2v) is 13.5. The Morgan fingerprint density at radius 3 is 2.13 bits per heavy atom. The molecule has 2 unspecified atom stereocenters. The van der Waals surface area contributed by atoms with Crippen LogP contribution in [0.15, 0.2) is 30.3 Å². The van der Waals surface area contributed by atoms with Gasteiger partial charge < -0.3 is 30.5 Å². The molecule has 2 fully saturated rings. The highest BCUT2D eigenvalue weighted by molar-refractivity contribution is 5.96. The summed E-state index contributed by atoms with van der Waals surface area (Å²) in [6.07, 6.45) is 0.103. The van der Waals surface area contributed by atoms with Gasteiger partial charge >= 0.3 is 5.97 Å². The van der Waals surface area contributed by atoms with Gasteiger partial charge in [0.15, 0.2) is 6.10 Å². The third kappa shape index (κ3) is 9.53. The van der Waals surface area contributed by atoms with Crippen molar-refractivity contribution in [2.75, 3.05) is 20.1 Å². The Bertz CT molecular complexity index is 1250. The van der Waals surface area contributed by atoms with Crippen molar-refractivity contribution in [1.29, 1.82) is 0 Å². The number of esters is 1. The second-order valence-electron chi connectivity index (χ2n) is 13.5. The van der Waals surface area contributed by atoms with Crippen LogP contribution in [0.2, 0.25) is 0 Å². The molecule has 1 aromatic carbocycles. The number of hydrogen-bond donors (Lipinski definition) is 3. The van der Waals surface area contributed by atoms with Crippen molar-refractivity contribution in [3.8, 4) is 0 Å². The summed E-state index contributed by atoms with van der Waals surface area (Å²) in [5, 5.41) is 8.46. The van der Waals surface area contributed by atoms with Crippen molar-refractivity contribution in [2.24, 2.45) is 17.8 Å². The number of rotatable bonds is 6. The molecule has 0 aromatic heterocycles. The highest BCUT2D eigenvalue weighted by Crippen LogP contribution is 2.23. The van der Waals surface area contributed by atoms with Crippen LogP contribution in [-0.2, 0) is 39.9 Å². The first-order valence-electron chi connectivity index (χ1n) is 16.4. The Balaban J connectivity index is 2.03. The fourth-order valence-corrected chi connectivity index (χ4v) is 6.10. The molecule has 2 saturated heterocycles. The highest BCUT2D eigenvalue weighted by atomic mass is 16.5. The third-order valence-electron chi connectivity index (χ3n) is 8.51.